The Bertz CT molecular complexity index is 474. The van der Waals surface area contributed by atoms with Gasteiger partial charge in [-0.15, -0.1) is 0 Å². The third-order valence-electron chi connectivity index (χ3n) is 3.31. The zero-order chi connectivity index (χ0) is 14.5. The van der Waals surface area contributed by atoms with Crippen molar-refractivity contribution in [3.05, 3.63) is 29.8 Å². The molecule has 1 N–H and O–H groups in total. The first-order valence-electron chi connectivity index (χ1n) is 6.73. The molecule has 1 aliphatic rings. The smallest absolute Gasteiger partial charge is 0.409 e. The normalized spacial score (nSPS) is 16.1. The summed E-state index contributed by atoms with van der Waals surface area (Å²) in [6.45, 7) is 3.33. The first-order chi connectivity index (χ1) is 9.60. The highest BCUT2D eigenvalue weighted by Crippen LogP contribution is 2.19. The van der Waals surface area contributed by atoms with Crippen LogP contribution in [0, 0.1) is 11.6 Å². The quantitative estimate of drug-likeness (QED) is 0.927. The fraction of sp³-hybridized carbons (Fsp3) is 0.500. The number of nitrogens with one attached hydrogen (secondary N) is 1. The molecular formula is C14H18F2N2O2. The zero-order valence-electron chi connectivity index (χ0n) is 11.4. The van der Waals surface area contributed by atoms with Crippen molar-refractivity contribution in [3.63, 3.8) is 0 Å². The summed E-state index contributed by atoms with van der Waals surface area (Å²) >= 11 is 0. The van der Waals surface area contributed by atoms with Gasteiger partial charge in [0, 0.05) is 30.9 Å². The molecule has 0 unspecified atom stereocenters. The van der Waals surface area contributed by atoms with E-state index in [2.05, 4.69) is 5.32 Å². The summed E-state index contributed by atoms with van der Waals surface area (Å²) in [6.07, 6.45) is 1.20. The predicted molar refractivity (Wildman–Crippen MR) is 71.6 cm³/mol. The number of amides is 1. The van der Waals surface area contributed by atoms with Crippen LogP contribution in [-0.2, 0) is 4.74 Å². The lowest BCUT2D eigenvalue weighted by Crippen LogP contribution is -2.42. The Hall–Kier alpha value is -1.85. The van der Waals surface area contributed by atoms with Gasteiger partial charge in [-0.25, -0.2) is 13.6 Å². The topological polar surface area (TPSA) is 41.6 Å². The van der Waals surface area contributed by atoms with E-state index in [4.69, 9.17) is 4.74 Å². The van der Waals surface area contributed by atoms with E-state index in [0.29, 0.717) is 25.4 Å². The highest BCUT2D eigenvalue weighted by molar-refractivity contribution is 5.67. The maximum absolute atomic E-state index is 13.1. The predicted octanol–water partition coefficient (Wildman–Crippen LogP) is 3.00. The Kier molecular flexibility index (Phi) is 4.76. The molecule has 1 heterocycles. The van der Waals surface area contributed by atoms with Crippen LogP contribution in [0.25, 0.3) is 0 Å². The molecule has 0 atom stereocenters. The summed E-state index contributed by atoms with van der Waals surface area (Å²) in [7, 11) is 0. The van der Waals surface area contributed by atoms with Gasteiger partial charge in [0.2, 0.25) is 0 Å². The molecule has 2 rings (SSSR count). The highest BCUT2D eigenvalue weighted by atomic mass is 19.2. The number of benzene rings is 1. The minimum Gasteiger partial charge on any atom is -0.450 e. The molecule has 1 amide bonds. The van der Waals surface area contributed by atoms with E-state index >= 15 is 0 Å². The van der Waals surface area contributed by atoms with E-state index in [1.54, 1.807) is 11.8 Å². The summed E-state index contributed by atoms with van der Waals surface area (Å²) in [5, 5.41) is 3.15. The van der Waals surface area contributed by atoms with Gasteiger partial charge in [0.15, 0.2) is 11.6 Å². The average molecular weight is 284 g/mol. The largest absolute Gasteiger partial charge is 0.450 e. The van der Waals surface area contributed by atoms with Crippen molar-refractivity contribution in [2.75, 3.05) is 25.0 Å². The van der Waals surface area contributed by atoms with E-state index in [0.717, 1.165) is 25.0 Å². The van der Waals surface area contributed by atoms with Gasteiger partial charge in [-0.1, -0.05) is 0 Å². The van der Waals surface area contributed by atoms with Gasteiger partial charge in [-0.05, 0) is 31.9 Å². The van der Waals surface area contributed by atoms with Gasteiger partial charge in [0.25, 0.3) is 0 Å². The fourth-order valence-electron chi connectivity index (χ4n) is 2.24. The van der Waals surface area contributed by atoms with Crippen molar-refractivity contribution in [2.24, 2.45) is 0 Å². The van der Waals surface area contributed by atoms with Crippen molar-refractivity contribution in [2.45, 2.75) is 25.8 Å². The number of piperidine rings is 1. The van der Waals surface area contributed by atoms with E-state index in [9.17, 15) is 13.6 Å². The number of hydrogen-bond donors (Lipinski definition) is 1. The fourth-order valence-corrected chi connectivity index (χ4v) is 2.24. The number of carbonyl (C=O) groups is 1. The van der Waals surface area contributed by atoms with Crippen molar-refractivity contribution < 1.29 is 18.3 Å². The molecule has 1 aromatic rings. The third-order valence-corrected chi connectivity index (χ3v) is 3.31. The summed E-state index contributed by atoms with van der Waals surface area (Å²) in [4.78, 5) is 13.2. The molecule has 0 aromatic heterocycles. The molecule has 0 saturated carbocycles. The Morgan fingerprint density at radius 1 is 1.35 bits per heavy atom. The highest BCUT2D eigenvalue weighted by Gasteiger charge is 2.23. The molecular weight excluding hydrogens is 266 g/mol. The number of halogens is 2. The van der Waals surface area contributed by atoms with E-state index in [1.807, 2.05) is 0 Å². The van der Waals surface area contributed by atoms with Crippen molar-refractivity contribution in [1.29, 1.82) is 0 Å². The van der Waals surface area contributed by atoms with Gasteiger partial charge in [-0.3, -0.25) is 0 Å². The van der Waals surface area contributed by atoms with E-state index in [-0.39, 0.29) is 12.1 Å². The molecule has 1 aliphatic heterocycles. The van der Waals surface area contributed by atoms with Crippen LogP contribution in [0.4, 0.5) is 19.3 Å². The SMILES string of the molecule is CCOC(=O)N1CCC(Nc2ccc(F)c(F)c2)CC1. The van der Waals surface area contributed by atoms with E-state index in [1.165, 1.54) is 6.07 Å². The number of likely N-dealkylation sites (tertiary alicyclic amines) is 1. The molecule has 1 aromatic carbocycles. The maximum atomic E-state index is 13.1. The number of ether oxygens (including phenoxy) is 1. The summed E-state index contributed by atoms with van der Waals surface area (Å²) in [5.74, 6) is -1.72. The molecule has 4 nitrogen and oxygen atoms in total. The average Bonchev–Trinajstić information content (AvgIpc) is 2.44. The number of nitrogens with zero attached hydrogens (tertiary/aromatic N) is 1. The minimum absolute atomic E-state index is 0.144. The second-order valence-electron chi connectivity index (χ2n) is 4.73. The second kappa shape index (κ2) is 6.54. The summed E-state index contributed by atoms with van der Waals surface area (Å²) in [6, 6.07) is 3.90. The standard InChI is InChI=1S/C14H18F2N2O2/c1-2-20-14(19)18-7-5-10(6-8-18)17-11-3-4-12(15)13(16)9-11/h3-4,9-10,17H,2,5-8H2,1H3. The molecule has 20 heavy (non-hydrogen) atoms. The minimum atomic E-state index is -0.862. The van der Waals surface area contributed by atoms with Crippen LogP contribution >= 0.6 is 0 Å². The lowest BCUT2D eigenvalue weighted by Gasteiger charge is -2.32. The third kappa shape index (κ3) is 3.59. The molecule has 0 aliphatic carbocycles. The van der Waals surface area contributed by atoms with Crippen LogP contribution in [0.1, 0.15) is 19.8 Å². The number of hydrogen-bond acceptors (Lipinski definition) is 3. The van der Waals surface area contributed by atoms with Gasteiger partial charge >= 0.3 is 6.09 Å². The molecule has 1 fully saturated rings. The Balaban J connectivity index is 1.85. The van der Waals surface area contributed by atoms with Crippen LogP contribution in [0.3, 0.4) is 0 Å². The van der Waals surface area contributed by atoms with Gasteiger partial charge in [-0.2, -0.15) is 0 Å². The number of rotatable bonds is 3. The molecule has 0 bridgehead atoms. The lowest BCUT2D eigenvalue weighted by molar-refractivity contribution is 0.0983. The van der Waals surface area contributed by atoms with Crippen LogP contribution in [0.5, 0.6) is 0 Å². The molecule has 110 valence electrons. The van der Waals surface area contributed by atoms with Crippen LogP contribution in [-0.4, -0.2) is 36.7 Å². The van der Waals surface area contributed by atoms with Crippen LogP contribution in [0.2, 0.25) is 0 Å². The van der Waals surface area contributed by atoms with Gasteiger partial charge < -0.3 is 15.0 Å². The first-order valence-corrected chi connectivity index (χ1v) is 6.73. The Morgan fingerprint density at radius 3 is 2.65 bits per heavy atom. The van der Waals surface area contributed by atoms with Crippen molar-refractivity contribution in [3.8, 4) is 0 Å². The summed E-state index contributed by atoms with van der Waals surface area (Å²) in [5.41, 5.74) is 0.554. The second-order valence-corrected chi connectivity index (χ2v) is 4.73. The Labute approximate surface area is 116 Å². The zero-order valence-corrected chi connectivity index (χ0v) is 11.4. The van der Waals surface area contributed by atoms with Gasteiger partial charge in [0.1, 0.15) is 0 Å². The lowest BCUT2D eigenvalue weighted by atomic mass is 10.1. The van der Waals surface area contributed by atoms with Crippen LogP contribution in [0.15, 0.2) is 18.2 Å². The first kappa shape index (κ1) is 14.6. The molecule has 0 radical (unpaired) electrons. The van der Waals surface area contributed by atoms with Gasteiger partial charge in [0.05, 0.1) is 6.61 Å². The van der Waals surface area contributed by atoms with Crippen molar-refractivity contribution >= 4 is 11.8 Å². The molecule has 1 saturated heterocycles. The number of carbonyl (C=O) groups excluding carboxylic acids is 1. The number of anilines is 1. The molecule has 0 spiro atoms. The maximum Gasteiger partial charge on any atom is 0.409 e. The monoisotopic (exact) mass is 284 g/mol. The molecule has 6 heteroatoms. The summed E-state index contributed by atoms with van der Waals surface area (Å²) < 4.78 is 30.9. The van der Waals surface area contributed by atoms with Crippen molar-refractivity contribution in [1.82, 2.24) is 4.90 Å². The Morgan fingerprint density at radius 2 is 2.05 bits per heavy atom. The van der Waals surface area contributed by atoms with Crippen LogP contribution < -0.4 is 5.32 Å². The van der Waals surface area contributed by atoms with E-state index < -0.39 is 11.6 Å².